The Hall–Kier alpha value is -2.38. The van der Waals surface area contributed by atoms with E-state index in [9.17, 15) is 13.2 Å². The molecule has 0 aliphatic rings. The Morgan fingerprint density at radius 3 is 2.04 bits per heavy atom. The van der Waals surface area contributed by atoms with E-state index in [1.54, 1.807) is 12.1 Å². The molecule has 2 aromatic carbocycles. The van der Waals surface area contributed by atoms with Crippen molar-refractivity contribution in [3.8, 4) is 5.75 Å². The zero-order chi connectivity index (χ0) is 20.2. The van der Waals surface area contributed by atoms with Crippen LogP contribution in [0.4, 0.5) is 5.69 Å². The van der Waals surface area contributed by atoms with Gasteiger partial charge in [-0.15, -0.1) is 0 Å². The maximum absolute atomic E-state index is 12.0. The van der Waals surface area contributed by atoms with Crippen LogP contribution in [0.15, 0.2) is 53.4 Å². The van der Waals surface area contributed by atoms with Crippen LogP contribution in [-0.2, 0) is 20.2 Å². The fourth-order valence-corrected chi connectivity index (χ4v) is 3.22. The Morgan fingerprint density at radius 1 is 1.00 bits per heavy atom. The molecule has 1 N–H and O–H groups in total. The summed E-state index contributed by atoms with van der Waals surface area (Å²) in [5.41, 5.74) is 1.75. The molecule has 0 atom stereocenters. The third-order valence-corrected chi connectivity index (χ3v) is 5.84. The summed E-state index contributed by atoms with van der Waals surface area (Å²) in [5.74, 6) is 0.295. The number of sulfonamides is 1. The smallest absolute Gasteiger partial charge is 0.262 e. The van der Waals surface area contributed by atoms with Crippen molar-refractivity contribution < 1.29 is 17.9 Å². The molecule has 27 heavy (non-hydrogen) atoms. The maximum Gasteiger partial charge on any atom is 0.262 e. The molecule has 0 aromatic heterocycles. The molecule has 0 saturated carbocycles. The molecule has 0 bridgehead atoms. The molecular weight excluding hydrogens is 364 g/mol. The quantitative estimate of drug-likeness (QED) is 0.821. The summed E-state index contributed by atoms with van der Waals surface area (Å²) in [6, 6.07) is 13.7. The fourth-order valence-electron chi connectivity index (χ4n) is 2.32. The number of rotatable bonds is 6. The second kappa shape index (κ2) is 8.10. The Balaban J connectivity index is 1.92. The summed E-state index contributed by atoms with van der Waals surface area (Å²) < 4.78 is 30.7. The Morgan fingerprint density at radius 2 is 1.56 bits per heavy atom. The van der Waals surface area contributed by atoms with E-state index < -0.39 is 10.0 Å². The lowest BCUT2D eigenvalue weighted by molar-refractivity contribution is -0.118. The molecule has 146 valence electrons. The topological polar surface area (TPSA) is 75.7 Å². The highest BCUT2D eigenvalue weighted by Crippen LogP contribution is 2.24. The highest BCUT2D eigenvalue weighted by atomic mass is 32.2. The fraction of sp³-hybridized carbons (Fsp3) is 0.350. The van der Waals surface area contributed by atoms with E-state index in [-0.39, 0.29) is 22.8 Å². The number of anilines is 1. The molecule has 2 aromatic rings. The summed E-state index contributed by atoms with van der Waals surface area (Å²) >= 11 is 0. The number of benzene rings is 2. The summed E-state index contributed by atoms with van der Waals surface area (Å²) in [6.07, 6.45) is 0. The van der Waals surface area contributed by atoms with Gasteiger partial charge in [-0.2, -0.15) is 0 Å². The first kappa shape index (κ1) is 20.9. The van der Waals surface area contributed by atoms with Crippen LogP contribution >= 0.6 is 0 Å². The van der Waals surface area contributed by atoms with E-state index >= 15 is 0 Å². The predicted octanol–water partition coefficient (Wildman–Crippen LogP) is 3.25. The predicted molar refractivity (Wildman–Crippen MR) is 107 cm³/mol. The van der Waals surface area contributed by atoms with Crippen LogP contribution in [0.25, 0.3) is 0 Å². The molecule has 0 radical (unpaired) electrons. The van der Waals surface area contributed by atoms with Gasteiger partial charge in [0.2, 0.25) is 10.0 Å². The highest BCUT2D eigenvalue weighted by molar-refractivity contribution is 7.89. The zero-order valence-electron chi connectivity index (χ0n) is 16.3. The SMILES string of the molecule is CN(C)S(=O)(=O)c1ccc(NC(=O)COc2ccc(C(C)(C)C)cc2)cc1. The molecule has 1 amide bonds. The lowest BCUT2D eigenvalue weighted by Crippen LogP contribution is -2.22. The normalized spacial score (nSPS) is 12.1. The largest absolute Gasteiger partial charge is 0.484 e. The van der Waals surface area contributed by atoms with Crippen LogP contribution < -0.4 is 10.1 Å². The average molecular weight is 391 g/mol. The summed E-state index contributed by atoms with van der Waals surface area (Å²) in [7, 11) is -0.549. The van der Waals surface area contributed by atoms with Crippen molar-refractivity contribution in [3.63, 3.8) is 0 Å². The van der Waals surface area contributed by atoms with E-state index in [4.69, 9.17) is 4.74 Å². The van der Waals surface area contributed by atoms with E-state index in [1.165, 1.54) is 31.8 Å². The summed E-state index contributed by atoms with van der Waals surface area (Å²) in [6.45, 7) is 6.26. The average Bonchev–Trinajstić information content (AvgIpc) is 2.60. The maximum atomic E-state index is 12.0. The van der Waals surface area contributed by atoms with E-state index in [0.717, 1.165) is 4.31 Å². The lowest BCUT2D eigenvalue weighted by Gasteiger charge is -2.19. The van der Waals surface area contributed by atoms with Crippen LogP contribution in [-0.4, -0.2) is 39.3 Å². The standard InChI is InChI=1S/C20H26N2O4S/c1-20(2,3)15-6-10-17(11-7-15)26-14-19(23)21-16-8-12-18(13-9-16)27(24,25)22(4)5/h6-13H,14H2,1-5H3,(H,21,23). The second-order valence-corrected chi connectivity index (χ2v) is 9.57. The van der Waals surface area contributed by atoms with Crippen molar-refractivity contribution in [2.75, 3.05) is 26.0 Å². The Labute approximate surface area is 161 Å². The van der Waals surface area contributed by atoms with Crippen LogP contribution in [0.3, 0.4) is 0 Å². The highest BCUT2D eigenvalue weighted by Gasteiger charge is 2.17. The van der Waals surface area contributed by atoms with Gasteiger partial charge in [0.05, 0.1) is 4.90 Å². The Bertz CT molecular complexity index is 881. The van der Waals surface area contributed by atoms with Crippen LogP contribution in [0.1, 0.15) is 26.3 Å². The van der Waals surface area contributed by atoms with Gasteiger partial charge in [0.15, 0.2) is 6.61 Å². The Kier molecular flexibility index (Phi) is 6.28. The van der Waals surface area contributed by atoms with Gasteiger partial charge in [-0.3, -0.25) is 4.79 Å². The second-order valence-electron chi connectivity index (χ2n) is 7.42. The number of ether oxygens (including phenoxy) is 1. The number of hydrogen-bond donors (Lipinski definition) is 1. The van der Waals surface area contributed by atoms with Crippen molar-refractivity contribution in [1.29, 1.82) is 0 Å². The molecule has 0 aliphatic carbocycles. The zero-order valence-corrected chi connectivity index (χ0v) is 17.1. The first-order valence-corrected chi connectivity index (χ1v) is 10.00. The molecule has 0 aliphatic heterocycles. The summed E-state index contributed by atoms with van der Waals surface area (Å²) in [4.78, 5) is 12.2. The minimum atomic E-state index is -3.49. The van der Waals surface area contributed by atoms with Crippen molar-refractivity contribution in [2.24, 2.45) is 0 Å². The van der Waals surface area contributed by atoms with Crippen molar-refractivity contribution in [1.82, 2.24) is 4.31 Å². The molecule has 0 saturated heterocycles. The van der Waals surface area contributed by atoms with Gasteiger partial charge in [0.1, 0.15) is 5.75 Å². The van der Waals surface area contributed by atoms with E-state index in [0.29, 0.717) is 11.4 Å². The molecule has 2 rings (SSSR count). The van der Waals surface area contributed by atoms with Crippen molar-refractivity contribution in [3.05, 3.63) is 54.1 Å². The number of amides is 1. The lowest BCUT2D eigenvalue weighted by atomic mass is 9.87. The minimum absolute atomic E-state index is 0.0577. The first-order chi connectivity index (χ1) is 12.5. The van der Waals surface area contributed by atoms with E-state index in [1.807, 2.05) is 24.3 Å². The number of nitrogens with zero attached hydrogens (tertiary/aromatic N) is 1. The van der Waals surface area contributed by atoms with Gasteiger partial charge < -0.3 is 10.1 Å². The van der Waals surface area contributed by atoms with Gasteiger partial charge in [-0.1, -0.05) is 32.9 Å². The number of carbonyl (C=O) groups excluding carboxylic acids is 1. The number of hydrogen-bond acceptors (Lipinski definition) is 4. The van der Waals surface area contributed by atoms with Crippen molar-refractivity contribution >= 4 is 21.6 Å². The molecule has 0 heterocycles. The molecule has 7 heteroatoms. The minimum Gasteiger partial charge on any atom is -0.484 e. The van der Waals surface area contributed by atoms with Crippen LogP contribution in [0.5, 0.6) is 5.75 Å². The number of nitrogens with one attached hydrogen (secondary N) is 1. The molecule has 0 fully saturated rings. The van der Waals surface area contributed by atoms with Gasteiger partial charge in [0, 0.05) is 19.8 Å². The molecular formula is C20H26N2O4S. The van der Waals surface area contributed by atoms with Gasteiger partial charge in [-0.25, -0.2) is 12.7 Å². The van der Waals surface area contributed by atoms with Crippen molar-refractivity contribution in [2.45, 2.75) is 31.1 Å². The monoisotopic (exact) mass is 390 g/mol. The van der Waals surface area contributed by atoms with E-state index in [2.05, 4.69) is 26.1 Å². The van der Waals surface area contributed by atoms with Gasteiger partial charge in [-0.05, 0) is 47.4 Å². The number of carbonyl (C=O) groups is 1. The van der Waals surface area contributed by atoms with Gasteiger partial charge >= 0.3 is 0 Å². The molecule has 0 spiro atoms. The van der Waals surface area contributed by atoms with Crippen LogP contribution in [0, 0.1) is 0 Å². The third-order valence-electron chi connectivity index (χ3n) is 4.01. The summed E-state index contributed by atoms with van der Waals surface area (Å²) in [5, 5.41) is 2.68. The first-order valence-electron chi connectivity index (χ1n) is 8.56. The third kappa shape index (κ3) is 5.55. The molecule has 0 unspecified atom stereocenters. The molecule has 6 nitrogen and oxygen atoms in total. The van der Waals surface area contributed by atoms with Gasteiger partial charge in [0.25, 0.3) is 5.91 Å². The van der Waals surface area contributed by atoms with Crippen LogP contribution in [0.2, 0.25) is 0 Å².